The van der Waals surface area contributed by atoms with Crippen molar-refractivity contribution in [3.05, 3.63) is 59.2 Å². The monoisotopic (exact) mass is 344 g/mol. The summed E-state index contributed by atoms with van der Waals surface area (Å²) >= 11 is 10.5. The third kappa shape index (κ3) is 5.50. The fourth-order valence-electron chi connectivity index (χ4n) is 2.02. The van der Waals surface area contributed by atoms with Crippen molar-refractivity contribution in [1.29, 1.82) is 0 Å². The Morgan fingerprint density at radius 2 is 1.43 bits per heavy atom. The van der Waals surface area contributed by atoms with Gasteiger partial charge in [0.1, 0.15) is 0 Å². The molecule has 0 amide bonds. The molecule has 4 nitrogen and oxygen atoms in total. The third-order valence-electron chi connectivity index (χ3n) is 3.21. The highest BCUT2D eigenvalue weighted by Gasteiger charge is 2.03. The number of hydrazine groups is 1. The molecule has 2 rings (SSSR count). The van der Waals surface area contributed by atoms with Crippen molar-refractivity contribution < 1.29 is 0 Å². The van der Waals surface area contributed by atoms with Crippen LogP contribution in [0.25, 0.3) is 0 Å². The number of nitrogens with one attached hydrogen (secondary N) is 4. The molecular formula is C17H20N4S2. The summed E-state index contributed by atoms with van der Waals surface area (Å²) in [6.45, 7) is 6.10. The minimum Gasteiger partial charge on any atom is -0.331 e. The number of aryl methyl sites for hydroxylation is 3. The first-order valence-corrected chi connectivity index (χ1v) is 8.03. The Hall–Kier alpha value is -2.18. The van der Waals surface area contributed by atoms with E-state index in [2.05, 4.69) is 33.6 Å². The maximum atomic E-state index is 5.27. The number of thiocarbonyl (C=S) groups is 2. The smallest absolute Gasteiger partial charge is 0.189 e. The highest BCUT2D eigenvalue weighted by molar-refractivity contribution is 7.81. The van der Waals surface area contributed by atoms with Gasteiger partial charge in [0.05, 0.1) is 0 Å². The number of rotatable bonds is 2. The first kappa shape index (κ1) is 17.2. The summed E-state index contributed by atoms with van der Waals surface area (Å²) in [6, 6.07) is 14.1. The Morgan fingerprint density at radius 3 is 2.13 bits per heavy atom. The van der Waals surface area contributed by atoms with Crippen LogP contribution in [0.2, 0.25) is 0 Å². The summed E-state index contributed by atoms with van der Waals surface area (Å²) in [5, 5.41) is 7.14. The van der Waals surface area contributed by atoms with Crippen LogP contribution in [0.5, 0.6) is 0 Å². The third-order valence-corrected chi connectivity index (χ3v) is 3.62. The molecule has 23 heavy (non-hydrogen) atoms. The van der Waals surface area contributed by atoms with Gasteiger partial charge in [0.15, 0.2) is 10.2 Å². The van der Waals surface area contributed by atoms with Crippen molar-refractivity contribution in [3.63, 3.8) is 0 Å². The van der Waals surface area contributed by atoms with Crippen LogP contribution in [0.4, 0.5) is 11.4 Å². The van der Waals surface area contributed by atoms with Gasteiger partial charge in [-0.15, -0.1) is 0 Å². The number of anilines is 2. The van der Waals surface area contributed by atoms with Gasteiger partial charge < -0.3 is 10.6 Å². The molecule has 0 spiro atoms. The molecule has 0 saturated carbocycles. The summed E-state index contributed by atoms with van der Waals surface area (Å²) in [6.07, 6.45) is 0. The second-order valence-electron chi connectivity index (χ2n) is 5.35. The fraction of sp³-hybridized carbons (Fsp3) is 0.176. The summed E-state index contributed by atoms with van der Waals surface area (Å²) in [5.74, 6) is 0. The minimum absolute atomic E-state index is 0.445. The zero-order valence-corrected chi connectivity index (χ0v) is 15.0. The molecule has 0 bridgehead atoms. The summed E-state index contributed by atoms with van der Waals surface area (Å²) in [7, 11) is 0. The molecule has 6 heteroatoms. The molecule has 0 aliphatic carbocycles. The quantitative estimate of drug-likeness (QED) is 0.491. The van der Waals surface area contributed by atoms with E-state index >= 15 is 0 Å². The second kappa shape index (κ2) is 7.89. The molecule has 2 aromatic rings. The summed E-state index contributed by atoms with van der Waals surface area (Å²) in [4.78, 5) is 0. The van der Waals surface area contributed by atoms with Crippen LogP contribution in [0.3, 0.4) is 0 Å². The van der Waals surface area contributed by atoms with Gasteiger partial charge >= 0.3 is 0 Å². The van der Waals surface area contributed by atoms with Gasteiger partial charge in [-0.3, -0.25) is 10.9 Å². The Kier molecular flexibility index (Phi) is 5.90. The molecule has 2 aromatic carbocycles. The lowest BCUT2D eigenvalue weighted by atomic mass is 10.1. The van der Waals surface area contributed by atoms with Crippen molar-refractivity contribution in [1.82, 2.24) is 10.9 Å². The number of hydrogen-bond donors (Lipinski definition) is 4. The average Bonchev–Trinajstić information content (AvgIpc) is 2.49. The zero-order chi connectivity index (χ0) is 16.8. The highest BCUT2D eigenvalue weighted by atomic mass is 32.1. The van der Waals surface area contributed by atoms with E-state index in [9.17, 15) is 0 Å². The molecule has 0 fully saturated rings. The fourth-order valence-corrected chi connectivity index (χ4v) is 2.35. The van der Waals surface area contributed by atoms with E-state index in [1.165, 1.54) is 5.56 Å². The van der Waals surface area contributed by atoms with Crippen LogP contribution in [-0.2, 0) is 0 Å². The molecule has 0 radical (unpaired) electrons. The largest absolute Gasteiger partial charge is 0.331 e. The van der Waals surface area contributed by atoms with Crippen LogP contribution in [0, 0.1) is 20.8 Å². The predicted octanol–water partition coefficient (Wildman–Crippen LogP) is 3.80. The van der Waals surface area contributed by atoms with Crippen molar-refractivity contribution >= 4 is 46.0 Å². The Labute approximate surface area is 147 Å². The summed E-state index contributed by atoms with van der Waals surface area (Å²) in [5.41, 5.74) is 11.1. The van der Waals surface area contributed by atoms with E-state index in [1.807, 2.05) is 51.1 Å². The molecule has 0 atom stereocenters. The van der Waals surface area contributed by atoms with Crippen molar-refractivity contribution in [2.45, 2.75) is 20.8 Å². The van der Waals surface area contributed by atoms with Crippen molar-refractivity contribution in [2.75, 3.05) is 10.6 Å². The SMILES string of the molecule is Cc1cccc(NC(=S)NNC(=S)Nc2cc(C)ccc2C)c1. The summed E-state index contributed by atoms with van der Waals surface area (Å²) < 4.78 is 0. The van der Waals surface area contributed by atoms with E-state index in [0.29, 0.717) is 10.2 Å². The molecule has 0 aromatic heterocycles. The van der Waals surface area contributed by atoms with Crippen molar-refractivity contribution in [3.8, 4) is 0 Å². The molecule has 0 unspecified atom stereocenters. The zero-order valence-electron chi connectivity index (χ0n) is 13.4. The second-order valence-corrected chi connectivity index (χ2v) is 6.16. The maximum Gasteiger partial charge on any atom is 0.189 e. The first-order valence-electron chi connectivity index (χ1n) is 7.22. The molecule has 0 aliphatic rings. The predicted molar refractivity (Wildman–Crippen MR) is 106 cm³/mol. The first-order chi connectivity index (χ1) is 10.9. The minimum atomic E-state index is 0.445. The van der Waals surface area contributed by atoms with Gasteiger partial charge in [-0.05, 0) is 80.1 Å². The van der Waals surface area contributed by atoms with Gasteiger partial charge in [0, 0.05) is 11.4 Å². The number of benzene rings is 2. The van der Waals surface area contributed by atoms with E-state index < -0.39 is 0 Å². The lowest BCUT2D eigenvalue weighted by molar-refractivity contribution is 0.885. The van der Waals surface area contributed by atoms with Crippen LogP contribution >= 0.6 is 24.4 Å². The number of hydrogen-bond acceptors (Lipinski definition) is 2. The molecular weight excluding hydrogens is 324 g/mol. The van der Waals surface area contributed by atoms with Crippen LogP contribution in [0.15, 0.2) is 42.5 Å². The van der Waals surface area contributed by atoms with Gasteiger partial charge in [0.2, 0.25) is 0 Å². The van der Waals surface area contributed by atoms with Crippen LogP contribution in [0.1, 0.15) is 16.7 Å². The highest BCUT2D eigenvalue weighted by Crippen LogP contribution is 2.16. The average molecular weight is 345 g/mol. The van der Waals surface area contributed by atoms with E-state index in [4.69, 9.17) is 24.4 Å². The van der Waals surface area contributed by atoms with Gasteiger partial charge in [0.25, 0.3) is 0 Å². The Bertz CT molecular complexity index is 728. The Balaban J connectivity index is 1.84. The lowest BCUT2D eigenvalue weighted by Crippen LogP contribution is -2.45. The van der Waals surface area contributed by atoms with E-state index in [0.717, 1.165) is 22.5 Å². The normalized spacial score (nSPS) is 9.87. The van der Waals surface area contributed by atoms with E-state index in [1.54, 1.807) is 0 Å². The molecule has 4 N–H and O–H groups in total. The molecule has 0 saturated heterocycles. The van der Waals surface area contributed by atoms with Crippen molar-refractivity contribution in [2.24, 2.45) is 0 Å². The van der Waals surface area contributed by atoms with Gasteiger partial charge in [-0.25, -0.2) is 0 Å². The topological polar surface area (TPSA) is 48.1 Å². The Morgan fingerprint density at radius 1 is 0.783 bits per heavy atom. The lowest BCUT2D eigenvalue weighted by Gasteiger charge is -2.15. The molecule has 0 heterocycles. The molecule has 120 valence electrons. The van der Waals surface area contributed by atoms with Crippen LogP contribution < -0.4 is 21.5 Å². The standard InChI is InChI=1S/C17H20N4S2/c1-11-5-4-6-14(9-11)18-16(22)20-21-17(23)19-15-10-12(2)7-8-13(15)3/h4-10H,1-3H3,(H2,18,20,22)(H2,19,21,23). The van der Waals surface area contributed by atoms with E-state index in [-0.39, 0.29) is 0 Å². The van der Waals surface area contributed by atoms with Crippen LogP contribution in [-0.4, -0.2) is 10.2 Å². The molecule has 0 aliphatic heterocycles. The van der Waals surface area contributed by atoms with Gasteiger partial charge in [-0.1, -0.05) is 24.3 Å². The van der Waals surface area contributed by atoms with Gasteiger partial charge in [-0.2, -0.15) is 0 Å². The maximum absolute atomic E-state index is 5.27.